The van der Waals surface area contributed by atoms with Gasteiger partial charge in [-0.2, -0.15) is 0 Å². The second kappa shape index (κ2) is 38.5. The molecule has 0 heterocycles. The normalized spacial score (nSPS) is 12.7. The molecular formula is C47H94N4O19S2. The molecule has 0 aliphatic carbocycles. The van der Waals surface area contributed by atoms with E-state index in [0.717, 1.165) is 12.8 Å². The lowest BCUT2D eigenvalue weighted by Crippen LogP contribution is -2.52. The zero-order chi connectivity index (χ0) is 57.9. The first-order chi connectivity index (χ1) is 32.6. The van der Waals surface area contributed by atoms with Gasteiger partial charge in [-0.3, -0.25) is 19.2 Å². The molecule has 0 saturated carbocycles. The Morgan fingerprint density at radius 3 is 1.28 bits per heavy atom. The minimum absolute atomic E-state index is 0.000325. The van der Waals surface area contributed by atoms with Gasteiger partial charge in [0, 0.05) is 39.8 Å². The third kappa shape index (κ3) is 45.8. The van der Waals surface area contributed by atoms with Gasteiger partial charge in [-0.25, -0.2) is 14.4 Å². The lowest BCUT2D eigenvalue weighted by atomic mass is 9.91. The number of aliphatic hydroxyl groups excluding tert-OH is 1. The van der Waals surface area contributed by atoms with Crippen molar-refractivity contribution in [1.82, 2.24) is 16.0 Å². The van der Waals surface area contributed by atoms with Crippen molar-refractivity contribution in [2.45, 2.75) is 148 Å². The number of carbonyl (C=O) groups excluding carboxylic acids is 7. The van der Waals surface area contributed by atoms with Crippen molar-refractivity contribution in [3.05, 3.63) is 24.3 Å². The molecule has 0 radical (unpaired) electrons. The molecule has 0 aliphatic heterocycles. The Morgan fingerprint density at radius 1 is 0.597 bits per heavy atom. The number of esters is 4. The summed E-state index contributed by atoms with van der Waals surface area (Å²) < 4.78 is 79.1. The molecule has 0 rings (SSSR count). The lowest BCUT2D eigenvalue weighted by molar-refractivity contribution is -0.372. The van der Waals surface area contributed by atoms with Crippen LogP contribution in [0, 0.1) is 22.7 Å². The van der Waals surface area contributed by atoms with E-state index < -0.39 is 55.7 Å². The highest BCUT2D eigenvalue weighted by Gasteiger charge is 2.31. The second-order valence-corrected chi connectivity index (χ2v) is 22.2. The molecule has 0 aromatic carbocycles. The summed E-state index contributed by atoms with van der Waals surface area (Å²) in [5.41, 5.74) is 1.55. The molecular weight excluding hydrogens is 989 g/mol. The summed E-state index contributed by atoms with van der Waals surface area (Å²) in [4.78, 5) is 78.7. The van der Waals surface area contributed by atoms with E-state index in [1.807, 2.05) is 41.5 Å². The predicted octanol–water partition coefficient (Wildman–Crippen LogP) is 6.08. The molecule has 2 atom stereocenters. The molecule has 2 unspecified atom stereocenters. The van der Waals surface area contributed by atoms with Gasteiger partial charge < -0.3 is 77.8 Å². The van der Waals surface area contributed by atoms with Gasteiger partial charge in [0.2, 0.25) is 11.8 Å². The average Bonchev–Trinajstić information content (AvgIpc) is 3.25. The first kappa shape index (κ1) is 76.9. The number of ether oxygens (including phenoxy) is 5. The van der Waals surface area contributed by atoms with Crippen LogP contribution in [0.15, 0.2) is 24.3 Å². The Bertz CT molecular complexity index is 1600. The fourth-order valence-corrected chi connectivity index (χ4v) is 6.21. The Morgan fingerprint density at radius 2 is 0.958 bits per heavy atom. The van der Waals surface area contributed by atoms with Crippen molar-refractivity contribution >= 4 is 63.5 Å². The maximum Gasteiger partial charge on any atom is 0.407 e. The van der Waals surface area contributed by atoms with E-state index in [4.69, 9.17) is 46.8 Å². The van der Waals surface area contributed by atoms with Gasteiger partial charge in [-0.05, 0) is 94.9 Å². The molecule has 0 bridgehead atoms. The first-order valence-electron chi connectivity index (χ1n) is 23.5. The van der Waals surface area contributed by atoms with E-state index >= 15 is 0 Å². The zero-order valence-corrected chi connectivity index (χ0v) is 47.6. The fourth-order valence-electron chi connectivity index (χ4n) is 4.16. The van der Waals surface area contributed by atoms with Crippen LogP contribution in [-0.4, -0.2) is 150 Å². The Kier molecular flexibility index (Phi) is 41.1. The molecule has 0 aliphatic rings. The SMILES string of the molecule is C=C(C)C(=O)OCCNC(=O)OCCOC(=O)C(C)(C)CC.C=C(C)C(=O)OCC[NH3+].CCC(C)(C)C(=O)OCCO.CCC(C)C(=O)NC(C)(C)CS(O)(O)O.CCC(C)C(=O)NC(C)(C)CS([O-])(O)O. The summed E-state index contributed by atoms with van der Waals surface area (Å²) in [5, 5.41) is 16.1. The van der Waals surface area contributed by atoms with Crippen molar-refractivity contribution in [3.63, 3.8) is 0 Å². The molecule has 0 fully saturated rings. The average molecular weight is 1080 g/mol. The molecule has 0 aromatic rings. The zero-order valence-electron chi connectivity index (χ0n) is 46.0. The number of rotatable bonds is 26. The molecule has 0 aromatic heterocycles. The van der Waals surface area contributed by atoms with Crippen molar-refractivity contribution in [2.75, 3.05) is 64.2 Å². The summed E-state index contributed by atoms with van der Waals surface area (Å²) in [6.45, 7) is 36.0. The van der Waals surface area contributed by atoms with Crippen LogP contribution in [0.25, 0.3) is 0 Å². The van der Waals surface area contributed by atoms with Crippen LogP contribution in [0.5, 0.6) is 0 Å². The van der Waals surface area contributed by atoms with E-state index in [9.17, 15) is 38.1 Å². The summed E-state index contributed by atoms with van der Waals surface area (Å²) in [5.74, 6) is -2.64. The summed E-state index contributed by atoms with van der Waals surface area (Å²) in [6, 6.07) is 0. The topological polar surface area (TPSA) is 374 Å². The van der Waals surface area contributed by atoms with Gasteiger partial charge in [-0.15, -0.1) is 10.9 Å². The van der Waals surface area contributed by atoms with Crippen LogP contribution in [0.2, 0.25) is 0 Å². The molecule has 25 heteroatoms. The van der Waals surface area contributed by atoms with Crippen LogP contribution in [0.1, 0.15) is 136 Å². The predicted molar refractivity (Wildman–Crippen MR) is 278 cm³/mol. The standard InChI is InChI=1S/C15H25NO6.2C9H21NO4S.C8H16O3.C6H11NO2/c1-6-15(4,5)13(18)21-9-10-22-14(19)16-7-8-20-12(17)11(2)3;2*1-5-7(2)8(11)10-9(3,4)6-15(12,13)14;1-4-8(2,3)7(10)11-6-5-9;1-5(2)6(8)9-4-3-7/h2,6-10H2,1,3-5H3,(H,16,19);2*7,12-14H,5-6H2,1-4H3,(H,10,11);9H,4-6H2,1-3H3;1,3-4,7H2,2H3. The third-order valence-electron chi connectivity index (χ3n) is 9.57. The molecule has 0 saturated heterocycles. The smallest absolute Gasteiger partial charge is 0.407 e. The van der Waals surface area contributed by atoms with Crippen molar-refractivity contribution in [1.29, 1.82) is 0 Å². The van der Waals surface area contributed by atoms with Crippen molar-refractivity contribution < 1.29 is 95.4 Å². The van der Waals surface area contributed by atoms with Gasteiger partial charge in [0.25, 0.3) is 0 Å². The minimum atomic E-state index is -3.82. The number of alkyl carbamates (subject to hydrolysis) is 1. The van der Waals surface area contributed by atoms with E-state index in [-0.39, 0.29) is 92.6 Å². The maximum atomic E-state index is 11.6. The van der Waals surface area contributed by atoms with Crippen LogP contribution >= 0.6 is 21.7 Å². The number of amides is 3. The van der Waals surface area contributed by atoms with Gasteiger partial charge >= 0.3 is 30.0 Å². The molecule has 72 heavy (non-hydrogen) atoms. The number of hydrogen-bond donors (Lipinski definition) is 10. The summed E-state index contributed by atoms with van der Waals surface area (Å²) in [7, 11) is -7.40. The Labute approximate surface area is 432 Å². The van der Waals surface area contributed by atoms with Crippen molar-refractivity contribution in [3.8, 4) is 0 Å². The molecule has 23 nitrogen and oxygen atoms in total. The second-order valence-electron chi connectivity index (χ2n) is 19.1. The van der Waals surface area contributed by atoms with E-state index in [1.54, 1.807) is 62.3 Å². The minimum Gasteiger partial charge on any atom is -0.773 e. The third-order valence-corrected chi connectivity index (χ3v) is 11.8. The van der Waals surface area contributed by atoms with Crippen LogP contribution in [0.3, 0.4) is 0 Å². The molecule has 3 amide bonds. The van der Waals surface area contributed by atoms with Gasteiger partial charge in [0.05, 0.1) is 40.6 Å². The van der Waals surface area contributed by atoms with E-state index in [0.29, 0.717) is 37.1 Å². The fraction of sp³-hybridized carbons (Fsp3) is 0.766. The number of aliphatic hydroxyl groups is 1. The quantitative estimate of drug-likeness (QED) is 0.0203. The monoisotopic (exact) mass is 1080 g/mol. The first-order valence-corrected chi connectivity index (χ1v) is 26.8. The van der Waals surface area contributed by atoms with Gasteiger partial charge in [0.15, 0.2) is 0 Å². The van der Waals surface area contributed by atoms with E-state index in [1.165, 1.54) is 6.92 Å². The number of nitrogens with one attached hydrogen (secondary N) is 3. The summed E-state index contributed by atoms with van der Waals surface area (Å²) in [6.07, 6.45) is 2.16. The summed E-state index contributed by atoms with van der Waals surface area (Å²) >= 11 is 0. The number of hydrogen-bond acceptors (Lipinski definition) is 19. The number of quaternary nitrogens is 1. The maximum absolute atomic E-state index is 11.6. The van der Waals surface area contributed by atoms with Crippen LogP contribution in [0.4, 0.5) is 4.79 Å². The van der Waals surface area contributed by atoms with Gasteiger partial charge in [-0.1, -0.05) is 54.7 Å². The highest BCUT2D eigenvalue weighted by Crippen LogP contribution is 2.37. The van der Waals surface area contributed by atoms with Crippen LogP contribution in [-0.2, 0) is 52.5 Å². The van der Waals surface area contributed by atoms with Gasteiger partial charge in [0.1, 0.15) is 39.6 Å². The van der Waals surface area contributed by atoms with Crippen molar-refractivity contribution in [2.24, 2.45) is 22.7 Å². The molecule has 428 valence electrons. The lowest BCUT2D eigenvalue weighted by Gasteiger charge is -2.41. The van der Waals surface area contributed by atoms with E-state index in [2.05, 4.69) is 39.6 Å². The Balaban J connectivity index is -0.000000268. The molecule has 12 N–H and O–H groups in total. The van der Waals surface area contributed by atoms with Crippen LogP contribution < -0.4 is 21.7 Å². The Hall–Kier alpha value is -4.05. The highest BCUT2D eigenvalue weighted by atomic mass is 32.3. The largest absolute Gasteiger partial charge is 0.773 e. The highest BCUT2D eigenvalue weighted by molar-refractivity contribution is 8.19. The molecule has 0 spiro atoms. The number of carbonyl (C=O) groups is 7.